The van der Waals surface area contributed by atoms with Crippen LogP contribution in [0.5, 0.6) is 0 Å². The van der Waals surface area contributed by atoms with Crippen molar-refractivity contribution in [1.82, 2.24) is 15.5 Å². The van der Waals surface area contributed by atoms with Crippen LogP contribution in [0.25, 0.3) is 0 Å². The zero-order valence-electron chi connectivity index (χ0n) is 26.8. The highest BCUT2D eigenvalue weighted by Gasteiger charge is 2.40. The summed E-state index contributed by atoms with van der Waals surface area (Å²) in [4.78, 5) is 43.3. The number of nitrogens with one attached hydrogen (secondary N) is 2. The molecule has 1 aromatic carbocycles. The largest absolute Gasteiger partial charge is 0.444 e. The Balaban J connectivity index is 3.72. The Morgan fingerprint density at radius 1 is 0.950 bits per heavy atom. The maximum absolute atomic E-state index is 14.6. The minimum atomic E-state index is -0.826. The maximum atomic E-state index is 14.6. The molecular weight excluding hydrogens is 522 g/mol. The first-order valence-corrected chi connectivity index (χ1v) is 16.2. The van der Waals surface area contributed by atoms with Crippen LogP contribution in [0.2, 0.25) is 0 Å². The van der Waals surface area contributed by atoms with Crippen LogP contribution >= 0.6 is 11.8 Å². The molecule has 0 aliphatic carbocycles. The van der Waals surface area contributed by atoms with E-state index in [9.17, 15) is 14.4 Å². The Hall–Kier alpha value is -2.22. The van der Waals surface area contributed by atoms with Crippen LogP contribution in [0.15, 0.2) is 18.2 Å². The Kier molecular flexibility index (Phi) is 15.1. The number of amides is 3. The third-order valence-corrected chi connectivity index (χ3v) is 7.59. The van der Waals surface area contributed by atoms with E-state index < -0.39 is 23.8 Å². The first-order valence-electron chi connectivity index (χ1n) is 14.8. The molecule has 2 N–H and O–H groups in total. The van der Waals surface area contributed by atoms with Crippen LogP contribution in [0.3, 0.4) is 0 Å². The fraction of sp³-hybridized carbons (Fsp3) is 0.719. The Morgan fingerprint density at radius 2 is 1.55 bits per heavy atom. The number of nitrogens with zero attached hydrogens (tertiary/aromatic N) is 1. The van der Waals surface area contributed by atoms with Gasteiger partial charge in [0.05, 0.1) is 0 Å². The van der Waals surface area contributed by atoms with Crippen molar-refractivity contribution in [3.05, 3.63) is 34.9 Å². The molecule has 40 heavy (non-hydrogen) atoms. The molecule has 0 saturated heterocycles. The zero-order valence-corrected chi connectivity index (χ0v) is 27.7. The highest BCUT2D eigenvalue weighted by Crippen LogP contribution is 2.32. The summed E-state index contributed by atoms with van der Waals surface area (Å²) in [6, 6.07) is 4.04. The smallest absolute Gasteiger partial charge is 0.408 e. The SMILES string of the molecule is CCCC(C)NC(=O)C(c1c(C)cccc1C)N(C(=O)C(CCSC)NC(=O)OC(C)(C)C)C(C)CCC(C)C. The topological polar surface area (TPSA) is 87.7 Å². The predicted octanol–water partition coefficient (Wildman–Crippen LogP) is 6.95. The van der Waals surface area contributed by atoms with Gasteiger partial charge in [-0.05, 0) is 109 Å². The number of hydrogen-bond donors (Lipinski definition) is 2. The van der Waals surface area contributed by atoms with E-state index in [-0.39, 0.29) is 23.9 Å². The molecule has 0 heterocycles. The molecule has 0 radical (unpaired) electrons. The third kappa shape index (κ3) is 11.7. The lowest BCUT2D eigenvalue weighted by molar-refractivity contribution is -0.145. The van der Waals surface area contributed by atoms with E-state index in [1.54, 1.807) is 37.4 Å². The van der Waals surface area contributed by atoms with Crippen LogP contribution in [0.4, 0.5) is 4.79 Å². The fourth-order valence-corrected chi connectivity index (χ4v) is 5.39. The average Bonchev–Trinajstić information content (AvgIpc) is 2.83. The monoisotopic (exact) mass is 577 g/mol. The lowest BCUT2D eigenvalue weighted by Gasteiger charge is -2.40. The molecule has 0 aliphatic heterocycles. The van der Waals surface area contributed by atoms with Gasteiger partial charge in [-0.2, -0.15) is 11.8 Å². The molecule has 1 aromatic rings. The number of alkyl carbamates (subject to hydrolysis) is 1. The minimum absolute atomic E-state index is 0.0283. The van der Waals surface area contributed by atoms with E-state index >= 15 is 0 Å². The Labute approximate surface area is 248 Å². The summed E-state index contributed by atoms with van der Waals surface area (Å²) < 4.78 is 5.52. The molecule has 0 bridgehead atoms. The van der Waals surface area contributed by atoms with Crippen molar-refractivity contribution in [3.8, 4) is 0 Å². The molecule has 0 saturated carbocycles. The molecule has 228 valence electrons. The molecule has 4 unspecified atom stereocenters. The van der Waals surface area contributed by atoms with Crippen LogP contribution in [-0.4, -0.2) is 58.5 Å². The van der Waals surface area contributed by atoms with Gasteiger partial charge in [0, 0.05) is 12.1 Å². The van der Waals surface area contributed by atoms with Gasteiger partial charge in [-0.3, -0.25) is 9.59 Å². The quantitative estimate of drug-likeness (QED) is 0.236. The number of ether oxygens (including phenoxy) is 1. The van der Waals surface area contributed by atoms with E-state index in [2.05, 4.69) is 31.4 Å². The average molecular weight is 578 g/mol. The zero-order chi connectivity index (χ0) is 30.6. The van der Waals surface area contributed by atoms with Gasteiger partial charge in [-0.25, -0.2) is 4.79 Å². The van der Waals surface area contributed by atoms with Crippen molar-refractivity contribution >= 4 is 29.7 Å². The number of rotatable bonds is 15. The van der Waals surface area contributed by atoms with Gasteiger partial charge < -0.3 is 20.3 Å². The molecule has 0 aliphatic rings. The Bertz CT molecular complexity index is 940. The normalized spacial score (nSPS) is 14.7. The molecule has 4 atom stereocenters. The molecule has 3 amide bonds. The lowest BCUT2D eigenvalue weighted by Crippen LogP contribution is -2.56. The van der Waals surface area contributed by atoms with Gasteiger partial charge in [0.1, 0.15) is 17.7 Å². The van der Waals surface area contributed by atoms with Crippen molar-refractivity contribution in [2.75, 3.05) is 12.0 Å². The van der Waals surface area contributed by atoms with Crippen LogP contribution in [0.1, 0.15) is 110 Å². The fourth-order valence-electron chi connectivity index (χ4n) is 4.92. The second kappa shape index (κ2) is 16.9. The van der Waals surface area contributed by atoms with E-state index in [1.807, 2.05) is 52.1 Å². The van der Waals surface area contributed by atoms with Crippen molar-refractivity contribution in [1.29, 1.82) is 0 Å². The molecule has 1 rings (SSSR count). The molecule has 0 aromatic heterocycles. The summed E-state index contributed by atoms with van der Waals surface area (Å²) in [5.74, 6) is 0.670. The van der Waals surface area contributed by atoms with Gasteiger partial charge >= 0.3 is 6.09 Å². The van der Waals surface area contributed by atoms with Crippen molar-refractivity contribution < 1.29 is 19.1 Å². The van der Waals surface area contributed by atoms with E-state index in [1.165, 1.54) is 0 Å². The van der Waals surface area contributed by atoms with Gasteiger partial charge in [0.15, 0.2) is 0 Å². The summed E-state index contributed by atoms with van der Waals surface area (Å²) in [6.07, 6.45) is 5.21. The standard InChI is InChI=1S/C32H55N3O4S/c1-12-14-24(6)33-29(36)28(27-22(4)15-13-16-23(27)5)35(25(7)18-17-21(2)3)30(37)26(19-20-40-11)34-31(38)39-32(8,9)10/h13,15-16,21,24-26,28H,12,14,17-20H2,1-11H3,(H,33,36)(H,34,38). The van der Waals surface area contributed by atoms with E-state index in [0.29, 0.717) is 18.1 Å². The molecule has 8 heteroatoms. The molecular formula is C32H55N3O4S. The maximum Gasteiger partial charge on any atom is 0.408 e. The summed E-state index contributed by atoms with van der Waals surface area (Å²) in [6.45, 7) is 19.8. The molecule has 0 spiro atoms. The lowest BCUT2D eigenvalue weighted by atomic mass is 9.91. The van der Waals surface area contributed by atoms with Gasteiger partial charge in [-0.1, -0.05) is 45.4 Å². The van der Waals surface area contributed by atoms with Crippen LogP contribution < -0.4 is 10.6 Å². The summed E-state index contributed by atoms with van der Waals surface area (Å²) in [5, 5.41) is 6.04. The van der Waals surface area contributed by atoms with Gasteiger partial charge in [0.25, 0.3) is 0 Å². The summed E-state index contributed by atoms with van der Waals surface area (Å²) in [7, 11) is 0. The highest BCUT2D eigenvalue weighted by molar-refractivity contribution is 7.98. The number of hydrogen-bond acceptors (Lipinski definition) is 5. The third-order valence-electron chi connectivity index (χ3n) is 6.94. The summed E-state index contributed by atoms with van der Waals surface area (Å²) >= 11 is 1.61. The number of carbonyl (C=O) groups is 3. The second-order valence-electron chi connectivity index (χ2n) is 12.5. The van der Waals surface area contributed by atoms with Crippen molar-refractivity contribution in [2.45, 2.75) is 131 Å². The van der Waals surface area contributed by atoms with Gasteiger partial charge in [0.2, 0.25) is 11.8 Å². The molecule has 0 fully saturated rings. The number of carbonyl (C=O) groups excluding carboxylic acids is 3. The molecule has 7 nitrogen and oxygen atoms in total. The predicted molar refractivity (Wildman–Crippen MR) is 168 cm³/mol. The van der Waals surface area contributed by atoms with Crippen molar-refractivity contribution in [3.63, 3.8) is 0 Å². The second-order valence-corrected chi connectivity index (χ2v) is 13.4. The Morgan fingerprint density at radius 3 is 2.05 bits per heavy atom. The number of aryl methyl sites for hydroxylation is 2. The van der Waals surface area contributed by atoms with E-state index in [0.717, 1.165) is 42.4 Å². The minimum Gasteiger partial charge on any atom is -0.444 e. The summed E-state index contributed by atoms with van der Waals surface area (Å²) in [5.41, 5.74) is 2.06. The number of benzene rings is 1. The van der Waals surface area contributed by atoms with Crippen molar-refractivity contribution in [2.24, 2.45) is 5.92 Å². The first kappa shape index (κ1) is 35.8. The first-order chi connectivity index (χ1) is 18.6. The number of thioether (sulfide) groups is 1. The van der Waals surface area contributed by atoms with Crippen LogP contribution in [0, 0.1) is 19.8 Å². The van der Waals surface area contributed by atoms with Crippen LogP contribution in [-0.2, 0) is 14.3 Å². The van der Waals surface area contributed by atoms with Gasteiger partial charge in [-0.15, -0.1) is 0 Å². The van der Waals surface area contributed by atoms with E-state index in [4.69, 9.17) is 4.74 Å². The highest BCUT2D eigenvalue weighted by atomic mass is 32.2.